The molecule has 3 unspecified atom stereocenters. The van der Waals surface area contributed by atoms with Crippen LogP contribution in [0, 0.1) is 11.2 Å². The monoisotopic (exact) mass is 447 g/mol. The first-order chi connectivity index (χ1) is 15.0. The Morgan fingerprint density at radius 1 is 1.28 bits per heavy atom. The molecule has 3 aliphatic rings. The fraction of sp³-hybridized carbons (Fsp3) is 0.500. The lowest BCUT2D eigenvalue weighted by Gasteiger charge is -2.21. The van der Waals surface area contributed by atoms with Gasteiger partial charge in [0.05, 0.1) is 11.2 Å². The summed E-state index contributed by atoms with van der Waals surface area (Å²) in [4.78, 5) is 35.4. The number of pyridine rings is 1. The molecule has 2 aromatic rings. The van der Waals surface area contributed by atoms with E-state index >= 15 is 0 Å². The van der Waals surface area contributed by atoms with E-state index < -0.39 is 29.3 Å². The molecule has 1 aliphatic heterocycles. The van der Waals surface area contributed by atoms with E-state index in [9.17, 15) is 23.9 Å². The molecule has 0 amide bonds. The maximum Gasteiger partial charge on any atom is 0.341 e. The van der Waals surface area contributed by atoms with Crippen molar-refractivity contribution in [2.75, 3.05) is 18.0 Å². The Hall–Kier alpha value is -2.98. The van der Waals surface area contributed by atoms with Gasteiger partial charge < -0.3 is 30.5 Å². The molecule has 1 aromatic heterocycles. The van der Waals surface area contributed by atoms with Crippen molar-refractivity contribution in [2.24, 2.45) is 11.1 Å². The number of anilines is 1. The average Bonchev–Trinajstić information content (AvgIpc) is 3.62. The molecule has 0 radical (unpaired) electrons. The number of hydrogen-bond donors (Lipinski definition) is 4. The average molecular weight is 447 g/mol. The highest BCUT2D eigenvalue weighted by atomic mass is 19.1. The standard InChI is InChI=1S/C19H20FN3O3.C3H6O3/c20-13-5-11-14(6-15(13)22-4-3-19(9-22)7-16(19)21)23(10-1-2-10)8-12(17(11)24)18(25)26;1-2(4)3(5)6/h5-6,8,10,16H,1-4,7,9,21H2,(H,25,26);2,4H,1H3,(H,5,6). The fourth-order valence-electron chi connectivity index (χ4n) is 4.36. The number of carboxylic acid groups (broad SMARTS) is 2. The van der Waals surface area contributed by atoms with E-state index in [-0.39, 0.29) is 28.4 Å². The van der Waals surface area contributed by atoms with Gasteiger partial charge in [0.1, 0.15) is 17.5 Å². The molecule has 1 saturated heterocycles. The van der Waals surface area contributed by atoms with Crippen LogP contribution in [0.3, 0.4) is 0 Å². The highest BCUT2D eigenvalue weighted by Gasteiger charge is 2.55. The Balaban J connectivity index is 0.000000363. The lowest BCUT2D eigenvalue weighted by molar-refractivity contribution is -0.145. The molecule has 3 atom stereocenters. The molecule has 2 heterocycles. The van der Waals surface area contributed by atoms with Gasteiger partial charge >= 0.3 is 11.9 Å². The van der Waals surface area contributed by atoms with E-state index in [1.54, 1.807) is 6.07 Å². The van der Waals surface area contributed by atoms with Crippen molar-refractivity contribution < 1.29 is 29.3 Å². The number of nitrogens with two attached hydrogens (primary N) is 1. The molecule has 5 N–H and O–H groups in total. The van der Waals surface area contributed by atoms with E-state index in [1.807, 2.05) is 9.47 Å². The lowest BCUT2D eigenvalue weighted by atomic mass is 10.1. The highest BCUT2D eigenvalue weighted by Crippen LogP contribution is 2.52. The predicted octanol–water partition coefficient (Wildman–Crippen LogP) is 1.55. The van der Waals surface area contributed by atoms with Crippen molar-refractivity contribution in [1.82, 2.24) is 4.57 Å². The van der Waals surface area contributed by atoms with Gasteiger partial charge in [0, 0.05) is 42.2 Å². The summed E-state index contributed by atoms with van der Waals surface area (Å²) in [5.41, 5.74) is 6.32. The van der Waals surface area contributed by atoms with Crippen LogP contribution >= 0.6 is 0 Å². The second-order valence-electron chi connectivity index (χ2n) is 9.00. The number of benzene rings is 1. The first-order valence-electron chi connectivity index (χ1n) is 10.6. The first-order valence-corrected chi connectivity index (χ1v) is 10.6. The molecule has 32 heavy (non-hydrogen) atoms. The Labute approximate surface area is 182 Å². The molecule has 0 bridgehead atoms. The van der Waals surface area contributed by atoms with Crippen LogP contribution in [0.1, 0.15) is 49.0 Å². The maximum atomic E-state index is 14.8. The van der Waals surface area contributed by atoms with Crippen LogP contribution in [-0.4, -0.2) is 57.1 Å². The Kier molecular flexibility index (Phi) is 5.46. The second-order valence-corrected chi connectivity index (χ2v) is 9.00. The summed E-state index contributed by atoms with van der Waals surface area (Å²) in [6, 6.07) is 3.29. The van der Waals surface area contributed by atoms with Crippen LogP contribution in [0.4, 0.5) is 10.1 Å². The number of carbonyl (C=O) groups is 2. The van der Waals surface area contributed by atoms with E-state index in [2.05, 4.69) is 0 Å². The minimum atomic E-state index is -1.28. The number of carboxylic acids is 2. The molecule has 3 fully saturated rings. The van der Waals surface area contributed by atoms with Crippen LogP contribution < -0.4 is 16.1 Å². The van der Waals surface area contributed by atoms with Crippen LogP contribution in [0.5, 0.6) is 0 Å². The topological polar surface area (TPSA) is 146 Å². The number of nitrogens with zero attached hydrogens (tertiary/aromatic N) is 2. The fourth-order valence-corrected chi connectivity index (χ4v) is 4.36. The third kappa shape index (κ3) is 3.95. The van der Waals surface area contributed by atoms with Gasteiger partial charge in [-0.25, -0.2) is 14.0 Å². The second kappa shape index (κ2) is 7.86. The zero-order valence-electron chi connectivity index (χ0n) is 17.6. The number of halogens is 1. The molecule has 1 spiro atoms. The minimum absolute atomic E-state index is 0.116. The summed E-state index contributed by atoms with van der Waals surface area (Å²) in [5.74, 6) is -2.94. The summed E-state index contributed by atoms with van der Waals surface area (Å²) in [5, 5.41) is 25.2. The van der Waals surface area contributed by atoms with Crippen molar-refractivity contribution in [3.8, 4) is 0 Å². The van der Waals surface area contributed by atoms with Crippen molar-refractivity contribution >= 4 is 28.5 Å². The molecule has 172 valence electrons. The lowest BCUT2D eigenvalue weighted by Crippen LogP contribution is -2.24. The van der Waals surface area contributed by atoms with Gasteiger partial charge in [-0.1, -0.05) is 0 Å². The van der Waals surface area contributed by atoms with Gasteiger partial charge in [0.15, 0.2) is 0 Å². The van der Waals surface area contributed by atoms with Crippen molar-refractivity contribution in [3.05, 3.63) is 39.9 Å². The van der Waals surface area contributed by atoms with Gasteiger partial charge in [-0.05, 0) is 44.7 Å². The van der Waals surface area contributed by atoms with Crippen LogP contribution in [0.15, 0.2) is 23.1 Å². The maximum absolute atomic E-state index is 14.8. The van der Waals surface area contributed by atoms with Gasteiger partial charge in [0.25, 0.3) is 0 Å². The van der Waals surface area contributed by atoms with E-state index in [0.717, 1.165) is 38.8 Å². The summed E-state index contributed by atoms with van der Waals surface area (Å²) in [6.45, 7) is 2.68. The van der Waals surface area contributed by atoms with Gasteiger partial charge in [0.2, 0.25) is 5.43 Å². The van der Waals surface area contributed by atoms with Gasteiger partial charge in [-0.2, -0.15) is 0 Å². The summed E-state index contributed by atoms with van der Waals surface area (Å²) >= 11 is 0. The number of aliphatic carboxylic acids is 1. The first kappa shape index (κ1) is 22.2. The molecule has 2 saturated carbocycles. The van der Waals surface area contributed by atoms with Gasteiger partial charge in [-0.15, -0.1) is 0 Å². The highest BCUT2D eigenvalue weighted by molar-refractivity contribution is 5.93. The normalized spacial score (nSPS) is 24.9. The molecule has 10 heteroatoms. The molecular weight excluding hydrogens is 421 g/mol. The van der Waals surface area contributed by atoms with Crippen LogP contribution in [0.2, 0.25) is 0 Å². The molecule has 5 rings (SSSR count). The third-order valence-corrected chi connectivity index (χ3v) is 6.61. The minimum Gasteiger partial charge on any atom is -0.479 e. The Morgan fingerprint density at radius 2 is 1.91 bits per heavy atom. The van der Waals surface area contributed by atoms with Crippen molar-refractivity contribution in [1.29, 1.82) is 0 Å². The largest absolute Gasteiger partial charge is 0.479 e. The zero-order chi connectivity index (χ0) is 23.4. The third-order valence-electron chi connectivity index (χ3n) is 6.61. The Bertz CT molecular complexity index is 1160. The predicted molar refractivity (Wildman–Crippen MR) is 115 cm³/mol. The number of rotatable bonds is 4. The van der Waals surface area contributed by atoms with E-state index in [1.165, 1.54) is 19.2 Å². The summed E-state index contributed by atoms with van der Waals surface area (Å²) in [7, 11) is 0. The van der Waals surface area contributed by atoms with Crippen molar-refractivity contribution in [2.45, 2.75) is 50.8 Å². The number of aromatic carboxylic acids is 1. The van der Waals surface area contributed by atoms with Gasteiger partial charge in [-0.3, -0.25) is 4.79 Å². The number of aliphatic hydroxyl groups is 1. The molecular formula is C22H26FN3O6. The summed E-state index contributed by atoms with van der Waals surface area (Å²) in [6.07, 6.45) is 3.99. The zero-order valence-corrected chi connectivity index (χ0v) is 17.6. The van der Waals surface area contributed by atoms with E-state index in [0.29, 0.717) is 11.2 Å². The number of aromatic nitrogens is 1. The molecule has 2 aliphatic carbocycles. The molecule has 1 aromatic carbocycles. The number of aliphatic hydroxyl groups excluding tert-OH is 1. The van der Waals surface area contributed by atoms with Crippen LogP contribution in [-0.2, 0) is 4.79 Å². The smallest absolute Gasteiger partial charge is 0.341 e. The number of fused-ring (bicyclic) bond motifs is 1. The quantitative estimate of drug-likeness (QED) is 0.552. The van der Waals surface area contributed by atoms with Crippen LogP contribution in [0.25, 0.3) is 10.9 Å². The Morgan fingerprint density at radius 3 is 2.38 bits per heavy atom. The summed E-state index contributed by atoms with van der Waals surface area (Å²) < 4.78 is 16.7. The van der Waals surface area contributed by atoms with E-state index in [4.69, 9.17) is 15.9 Å². The SMILES string of the molecule is CC(O)C(=O)O.NC1CC12CCN(c1cc3c(cc1F)c(=O)c(C(=O)O)cn3C1CC1)C2. The van der Waals surface area contributed by atoms with Crippen molar-refractivity contribution in [3.63, 3.8) is 0 Å². The molecule has 9 nitrogen and oxygen atoms in total. The number of hydrogen-bond acceptors (Lipinski definition) is 6.